The first-order valence-electron chi connectivity index (χ1n) is 6.59. The third-order valence-corrected chi connectivity index (χ3v) is 4.75. The number of benzene rings is 1. The lowest BCUT2D eigenvalue weighted by Gasteiger charge is -2.16. The molecule has 7 nitrogen and oxygen atoms in total. The van der Waals surface area contributed by atoms with Gasteiger partial charge in [-0.25, -0.2) is 12.8 Å². The number of nitrogens with zero attached hydrogens (tertiary/aromatic N) is 2. The predicted octanol–water partition coefficient (Wildman–Crippen LogP) is 1.49. The first kappa shape index (κ1) is 17.1. The van der Waals surface area contributed by atoms with Crippen molar-refractivity contribution in [1.29, 1.82) is 0 Å². The van der Waals surface area contributed by atoms with Crippen molar-refractivity contribution in [2.75, 3.05) is 13.6 Å². The van der Waals surface area contributed by atoms with Crippen LogP contribution in [-0.4, -0.2) is 37.4 Å². The van der Waals surface area contributed by atoms with E-state index in [-0.39, 0.29) is 11.5 Å². The summed E-state index contributed by atoms with van der Waals surface area (Å²) in [6.45, 7) is 1.11. The molecule has 0 bridgehead atoms. The Hall–Kier alpha value is -2.26. The molecule has 0 radical (unpaired) electrons. The topological polar surface area (TPSA) is 89.7 Å². The number of esters is 1. The molecule has 0 fully saturated rings. The minimum atomic E-state index is -3.90. The standard InChI is InChI=1S/C14H15FN2O5S/c1-10-7-12(16-22-10)9-21-14(18)8-17(2)23(19,20)13-5-3-11(15)4-6-13/h3-7H,8-9H2,1-2H3. The Balaban J connectivity index is 1.95. The summed E-state index contributed by atoms with van der Waals surface area (Å²) in [5.41, 5.74) is 0.430. The maximum absolute atomic E-state index is 12.9. The molecule has 0 aliphatic heterocycles. The van der Waals surface area contributed by atoms with E-state index in [0.717, 1.165) is 28.6 Å². The van der Waals surface area contributed by atoms with Gasteiger partial charge in [0.15, 0.2) is 0 Å². The molecule has 0 spiro atoms. The SMILES string of the molecule is Cc1cc(COC(=O)CN(C)S(=O)(=O)c2ccc(F)cc2)no1. The smallest absolute Gasteiger partial charge is 0.321 e. The van der Waals surface area contributed by atoms with Gasteiger partial charge in [-0.1, -0.05) is 5.16 Å². The molecule has 0 amide bonds. The van der Waals surface area contributed by atoms with E-state index in [1.54, 1.807) is 13.0 Å². The van der Waals surface area contributed by atoms with Crippen molar-refractivity contribution in [3.63, 3.8) is 0 Å². The molecule has 0 saturated heterocycles. The fourth-order valence-corrected chi connectivity index (χ4v) is 2.85. The van der Waals surface area contributed by atoms with Crippen LogP contribution >= 0.6 is 0 Å². The van der Waals surface area contributed by atoms with Gasteiger partial charge in [0, 0.05) is 13.1 Å². The van der Waals surface area contributed by atoms with Gasteiger partial charge in [-0.2, -0.15) is 4.31 Å². The van der Waals surface area contributed by atoms with Gasteiger partial charge in [-0.05, 0) is 31.2 Å². The lowest BCUT2D eigenvalue weighted by molar-refractivity contribution is -0.145. The van der Waals surface area contributed by atoms with Crippen molar-refractivity contribution < 1.29 is 26.9 Å². The minimum absolute atomic E-state index is 0.110. The van der Waals surface area contributed by atoms with Crippen LogP contribution in [0.4, 0.5) is 4.39 Å². The van der Waals surface area contributed by atoms with E-state index >= 15 is 0 Å². The van der Waals surface area contributed by atoms with E-state index in [9.17, 15) is 17.6 Å². The summed E-state index contributed by atoms with van der Waals surface area (Å²) in [6, 6.07) is 5.93. The van der Waals surface area contributed by atoms with Crippen LogP contribution in [-0.2, 0) is 26.2 Å². The molecule has 9 heteroatoms. The van der Waals surface area contributed by atoms with Crippen LogP contribution in [0.2, 0.25) is 0 Å². The second kappa shape index (κ2) is 6.88. The van der Waals surface area contributed by atoms with E-state index in [4.69, 9.17) is 9.26 Å². The number of aryl methyl sites for hydroxylation is 1. The Morgan fingerprint density at radius 1 is 1.35 bits per heavy atom. The number of ether oxygens (including phenoxy) is 1. The molecule has 0 atom stereocenters. The summed E-state index contributed by atoms with van der Waals surface area (Å²) in [5, 5.41) is 3.65. The molecule has 1 aromatic heterocycles. The molecular formula is C14H15FN2O5S. The van der Waals surface area contributed by atoms with E-state index in [1.807, 2.05) is 0 Å². The van der Waals surface area contributed by atoms with E-state index in [1.165, 1.54) is 7.05 Å². The fourth-order valence-electron chi connectivity index (χ4n) is 1.74. The molecule has 2 aromatic rings. The molecule has 0 saturated carbocycles. The second-order valence-corrected chi connectivity index (χ2v) is 6.85. The van der Waals surface area contributed by atoms with Crippen molar-refractivity contribution in [2.24, 2.45) is 0 Å². The average Bonchev–Trinajstić information content (AvgIpc) is 2.91. The van der Waals surface area contributed by atoms with Gasteiger partial charge in [-0.3, -0.25) is 4.79 Å². The second-order valence-electron chi connectivity index (χ2n) is 4.80. The summed E-state index contributed by atoms with van der Waals surface area (Å²) in [6.07, 6.45) is 0. The van der Waals surface area contributed by atoms with Crippen LogP contribution < -0.4 is 0 Å². The van der Waals surface area contributed by atoms with Crippen LogP contribution in [0.5, 0.6) is 0 Å². The number of rotatable bonds is 6. The quantitative estimate of drug-likeness (QED) is 0.739. The lowest BCUT2D eigenvalue weighted by Crippen LogP contribution is -2.33. The molecule has 23 heavy (non-hydrogen) atoms. The van der Waals surface area contributed by atoms with Gasteiger partial charge >= 0.3 is 5.97 Å². The number of sulfonamides is 1. The largest absolute Gasteiger partial charge is 0.458 e. The summed E-state index contributed by atoms with van der Waals surface area (Å²) >= 11 is 0. The van der Waals surface area contributed by atoms with Crippen LogP contribution in [0.1, 0.15) is 11.5 Å². The van der Waals surface area contributed by atoms with Gasteiger partial charge in [0.05, 0.1) is 4.90 Å². The summed E-state index contributed by atoms with van der Waals surface area (Å²) in [7, 11) is -2.66. The van der Waals surface area contributed by atoms with Crippen LogP contribution in [0.3, 0.4) is 0 Å². The molecular weight excluding hydrogens is 327 g/mol. The molecule has 1 heterocycles. The number of carbonyl (C=O) groups excluding carboxylic acids is 1. The van der Waals surface area contributed by atoms with Crippen molar-refractivity contribution in [3.05, 3.63) is 47.6 Å². The van der Waals surface area contributed by atoms with Gasteiger partial charge in [0.2, 0.25) is 10.0 Å². The zero-order chi connectivity index (χ0) is 17.0. The van der Waals surface area contributed by atoms with Gasteiger partial charge in [-0.15, -0.1) is 0 Å². The maximum atomic E-state index is 12.9. The van der Waals surface area contributed by atoms with Gasteiger partial charge in [0.25, 0.3) is 0 Å². The Labute approximate surface area is 132 Å². The maximum Gasteiger partial charge on any atom is 0.321 e. The number of hydrogen-bond acceptors (Lipinski definition) is 6. The van der Waals surface area contributed by atoms with Crippen LogP contribution in [0, 0.1) is 12.7 Å². The zero-order valence-corrected chi connectivity index (χ0v) is 13.3. The Morgan fingerprint density at radius 3 is 2.57 bits per heavy atom. The molecule has 0 N–H and O–H groups in total. The molecule has 2 rings (SSSR count). The van der Waals surface area contributed by atoms with Crippen molar-refractivity contribution >= 4 is 16.0 Å². The number of aromatic nitrogens is 1. The van der Waals surface area contributed by atoms with Crippen molar-refractivity contribution in [3.8, 4) is 0 Å². The van der Waals surface area contributed by atoms with Gasteiger partial charge in [0.1, 0.15) is 30.4 Å². The van der Waals surface area contributed by atoms with E-state index in [0.29, 0.717) is 11.5 Å². The average molecular weight is 342 g/mol. The number of likely N-dealkylation sites (N-methyl/N-ethyl adjacent to an activating group) is 1. The van der Waals surface area contributed by atoms with E-state index in [2.05, 4.69) is 5.16 Å². The zero-order valence-electron chi connectivity index (χ0n) is 12.5. The Morgan fingerprint density at radius 2 is 2.00 bits per heavy atom. The highest BCUT2D eigenvalue weighted by Crippen LogP contribution is 2.14. The Bertz CT molecular complexity index is 786. The molecule has 0 aliphatic rings. The number of halogens is 1. The molecule has 0 aliphatic carbocycles. The summed E-state index contributed by atoms with van der Waals surface area (Å²) < 4.78 is 47.9. The van der Waals surface area contributed by atoms with Crippen LogP contribution in [0.25, 0.3) is 0 Å². The summed E-state index contributed by atoms with van der Waals surface area (Å²) in [5.74, 6) is -0.709. The normalized spacial score (nSPS) is 11.7. The van der Waals surface area contributed by atoms with Crippen LogP contribution in [0.15, 0.2) is 39.8 Å². The highest BCUT2D eigenvalue weighted by Gasteiger charge is 2.23. The highest BCUT2D eigenvalue weighted by atomic mass is 32.2. The lowest BCUT2D eigenvalue weighted by atomic mass is 10.4. The minimum Gasteiger partial charge on any atom is -0.458 e. The van der Waals surface area contributed by atoms with Crippen molar-refractivity contribution in [2.45, 2.75) is 18.4 Å². The van der Waals surface area contributed by atoms with Crippen molar-refractivity contribution in [1.82, 2.24) is 9.46 Å². The first-order valence-corrected chi connectivity index (χ1v) is 8.03. The highest BCUT2D eigenvalue weighted by molar-refractivity contribution is 7.89. The fraction of sp³-hybridized carbons (Fsp3) is 0.286. The Kier molecular flexibility index (Phi) is 5.12. The van der Waals surface area contributed by atoms with Gasteiger partial charge < -0.3 is 9.26 Å². The third kappa shape index (κ3) is 4.36. The molecule has 124 valence electrons. The number of hydrogen-bond donors (Lipinski definition) is 0. The summed E-state index contributed by atoms with van der Waals surface area (Å²) in [4.78, 5) is 11.6. The molecule has 1 aromatic carbocycles. The first-order chi connectivity index (χ1) is 10.8. The molecule has 0 unspecified atom stereocenters. The predicted molar refractivity (Wildman–Crippen MR) is 77.3 cm³/mol. The number of carbonyl (C=O) groups is 1. The third-order valence-electron chi connectivity index (χ3n) is 2.93. The monoisotopic (exact) mass is 342 g/mol. The van der Waals surface area contributed by atoms with E-state index < -0.39 is 28.4 Å².